The zero-order valence-electron chi connectivity index (χ0n) is 12.8. The molecule has 0 spiro atoms. The van der Waals surface area contributed by atoms with Gasteiger partial charge < -0.3 is 14.4 Å². The Morgan fingerprint density at radius 3 is 2.20 bits per heavy atom. The molecule has 2 rings (SSSR count). The van der Waals surface area contributed by atoms with E-state index >= 15 is 0 Å². The van der Waals surface area contributed by atoms with Gasteiger partial charge in [-0.2, -0.15) is 0 Å². The SMILES string of the molecule is CC(C)Oc1ccc(OCCN2CCN(C)CC2)cc1. The highest BCUT2D eigenvalue weighted by molar-refractivity contribution is 5.31. The number of piperazine rings is 1. The maximum atomic E-state index is 5.78. The summed E-state index contributed by atoms with van der Waals surface area (Å²) in [4.78, 5) is 4.82. The van der Waals surface area contributed by atoms with E-state index in [1.165, 1.54) is 0 Å². The van der Waals surface area contributed by atoms with Crippen molar-refractivity contribution in [2.75, 3.05) is 46.4 Å². The highest BCUT2D eigenvalue weighted by Gasteiger charge is 2.13. The zero-order chi connectivity index (χ0) is 14.4. The average Bonchev–Trinajstić information content (AvgIpc) is 2.42. The quantitative estimate of drug-likeness (QED) is 0.795. The van der Waals surface area contributed by atoms with Gasteiger partial charge in [0, 0.05) is 32.7 Å². The number of likely N-dealkylation sites (N-methyl/N-ethyl adjacent to an activating group) is 1. The first-order valence-electron chi connectivity index (χ1n) is 7.44. The molecule has 4 nitrogen and oxygen atoms in total. The second-order valence-corrected chi connectivity index (χ2v) is 5.63. The van der Waals surface area contributed by atoms with Crippen LogP contribution in [0.5, 0.6) is 11.5 Å². The van der Waals surface area contributed by atoms with Gasteiger partial charge in [-0.25, -0.2) is 0 Å². The summed E-state index contributed by atoms with van der Waals surface area (Å²) in [5.74, 6) is 1.81. The topological polar surface area (TPSA) is 24.9 Å². The van der Waals surface area contributed by atoms with E-state index in [9.17, 15) is 0 Å². The number of rotatable bonds is 6. The molecule has 0 radical (unpaired) electrons. The van der Waals surface area contributed by atoms with Gasteiger partial charge in [0.2, 0.25) is 0 Å². The molecular formula is C16H26N2O2. The van der Waals surface area contributed by atoms with Crippen LogP contribution in [0.2, 0.25) is 0 Å². The number of benzene rings is 1. The van der Waals surface area contributed by atoms with Crippen molar-refractivity contribution in [3.8, 4) is 11.5 Å². The summed E-state index contributed by atoms with van der Waals surface area (Å²) in [7, 11) is 2.18. The molecule has 1 aliphatic heterocycles. The highest BCUT2D eigenvalue weighted by Crippen LogP contribution is 2.18. The monoisotopic (exact) mass is 278 g/mol. The van der Waals surface area contributed by atoms with Crippen LogP contribution in [0.15, 0.2) is 24.3 Å². The fourth-order valence-electron chi connectivity index (χ4n) is 2.25. The summed E-state index contributed by atoms with van der Waals surface area (Å²) >= 11 is 0. The lowest BCUT2D eigenvalue weighted by Crippen LogP contribution is -2.45. The summed E-state index contributed by atoms with van der Waals surface area (Å²) in [6, 6.07) is 7.87. The normalized spacial score (nSPS) is 17.4. The zero-order valence-corrected chi connectivity index (χ0v) is 12.8. The van der Waals surface area contributed by atoms with Crippen molar-refractivity contribution in [2.24, 2.45) is 0 Å². The van der Waals surface area contributed by atoms with Crippen LogP contribution in [-0.4, -0.2) is 62.3 Å². The first-order valence-corrected chi connectivity index (χ1v) is 7.44. The number of hydrogen-bond acceptors (Lipinski definition) is 4. The number of ether oxygens (including phenoxy) is 2. The third kappa shape index (κ3) is 5.02. The summed E-state index contributed by atoms with van der Waals surface area (Å²) in [5, 5.41) is 0. The number of hydrogen-bond donors (Lipinski definition) is 0. The van der Waals surface area contributed by atoms with Crippen molar-refractivity contribution in [1.82, 2.24) is 9.80 Å². The van der Waals surface area contributed by atoms with Crippen molar-refractivity contribution in [2.45, 2.75) is 20.0 Å². The number of nitrogens with zero attached hydrogens (tertiary/aromatic N) is 2. The Morgan fingerprint density at radius 2 is 1.60 bits per heavy atom. The van der Waals surface area contributed by atoms with E-state index in [1.54, 1.807) is 0 Å². The fourth-order valence-corrected chi connectivity index (χ4v) is 2.25. The molecule has 0 amide bonds. The average molecular weight is 278 g/mol. The Morgan fingerprint density at radius 1 is 1.00 bits per heavy atom. The highest BCUT2D eigenvalue weighted by atomic mass is 16.5. The van der Waals surface area contributed by atoms with E-state index in [-0.39, 0.29) is 6.10 Å². The van der Waals surface area contributed by atoms with Crippen LogP contribution in [0.25, 0.3) is 0 Å². The molecule has 0 saturated carbocycles. The predicted octanol–water partition coefficient (Wildman–Crippen LogP) is 2.10. The predicted molar refractivity (Wildman–Crippen MR) is 81.6 cm³/mol. The van der Waals surface area contributed by atoms with Gasteiger partial charge in [0.15, 0.2) is 0 Å². The minimum absolute atomic E-state index is 0.207. The van der Waals surface area contributed by atoms with Crippen LogP contribution in [0.1, 0.15) is 13.8 Å². The van der Waals surface area contributed by atoms with Crippen LogP contribution in [0, 0.1) is 0 Å². The minimum Gasteiger partial charge on any atom is -0.492 e. The van der Waals surface area contributed by atoms with Gasteiger partial charge in [0.05, 0.1) is 6.10 Å². The van der Waals surface area contributed by atoms with Crippen LogP contribution < -0.4 is 9.47 Å². The minimum atomic E-state index is 0.207. The molecule has 1 heterocycles. The molecule has 4 heteroatoms. The van der Waals surface area contributed by atoms with Crippen LogP contribution >= 0.6 is 0 Å². The standard InChI is InChI=1S/C16H26N2O2/c1-14(2)20-16-6-4-15(5-7-16)19-13-12-18-10-8-17(3)9-11-18/h4-7,14H,8-13H2,1-3H3. The molecule has 0 bridgehead atoms. The lowest BCUT2D eigenvalue weighted by atomic mass is 10.3. The van der Waals surface area contributed by atoms with Crippen LogP contribution in [0.3, 0.4) is 0 Å². The van der Waals surface area contributed by atoms with Crippen molar-refractivity contribution >= 4 is 0 Å². The maximum absolute atomic E-state index is 5.78. The second kappa shape index (κ2) is 7.50. The van der Waals surface area contributed by atoms with Crippen molar-refractivity contribution in [3.05, 3.63) is 24.3 Å². The molecule has 1 saturated heterocycles. The van der Waals surface area contributed by atoms with Crippen molar-refractivity contribution in [1.29, 1.82) is 0 Å². The summed E-state index contributed by atoms with van der Waals surface area (Å²) < 4.78 is 11.4. The molecule has 0 atom stereocenters. The van der Waals surface area contributed by atoms with Gasteiger partial charge in [0.25, 0.3) is 0 Å². The molecule has 20 heavy (non-hydrogen) atoms. The summed E-state index contributed by atoms with van der Waals surface area (Å²) in [6.07, 6.45) is 0.207. The third-order valence-electron chi connectivity index (χ3n) is 3.47. The van der Waals surface area contributed by atoms with E-state index in [1.807, 2.05) is 38.1 Å². The van der Waals surface area contributed by atoms with E-state index < -0.39 is 0 Å². The Balaban J connectivity index is 1.69. The van der Waals surface area contributed by atoms with E-state index in [0.717, 1.165) is 50.8 Å². The molecule has 0 aliphatic carbocycles. The molecule has 1 aromatic carbocycles. The second-order valence-electron chi connectivity index (χ2n) is 5.63. The third-order valence-corrected chi connectivity index (χ3v) is 3.47. The fraction of sp³-hybridized carbons (Fsp3) is 0.625. The molecule has 0 unspecified atom stereocenters. The molecule has 1 aromatic rings. The maximum Gasteiger partial charge on any atom is 0.119 e. The van der Waals surface area contributed by atoms with Gasteiger partial charge >= 0.3 is 0 Å². The molecule has 1 aliphatic rings. The van der Waals surface area contributed by atoms with Gasteiger partial charge in [-0.05, 0) is 45.2 Å². The van der Waals surface area contributed by atoms with Gasteiger partial charge in [-0.1, -0.05) is 0 Å². The lowest BCUT2D eigenvalue weighted by Gasteiger charge is -2.32. The summed E-state index contributed by atoms with van der Waals surface area (Å²) in [5.41, 5.74) is 0. The van der Waals surface area contributed by atoms with E-state index in [0.29, 0.717) is 0 Å². The molecule has 0 aromatic heterocycles. The Kier molecular flexibility index (Phi) is 5.68. The van der Waals surface area contributed by atoms with Crippen molar-refractivity contribution < 1.29 is 9.47 Å². The molecule has 0 N–H and O–H groups in total. The summed E-state index contributed by atoms with van der Waals surface area (Å²) in [6.45, 7) is 10.4. The molecule has 112 valence electrons. The largest absolute Gasteiger partial charge is 0.492 e. The van der Waals surface area contributed by atoms with E-state index in [4.69, 9.17) is 9.47 Å². The van der Waals surface area contributed by atoms with Crippen LogP contribution in [0.4, 0.5) is 0 Å². The molecular weight excluding hydrogens is 252 g/mol. The Bertz CT molecular complexity index is 384. The first-order chi connectivity index (χ1) is 9.63. The van der Waals surface area contributed by atoms with Crippen molar-refractivity contribution in [3.63, 3.8) is 0 Å². The van der Waals surface area contributed by atoms with Gasteiger partial charge in [-0.3, -0.25) is 4.90 Å². The van der Waals surface area contributed by atoms with Gasteiger partial charge in [-0.15, -0.1) is 0 Å². The molecule has 1 fully saturated rings. The van der Waals surface area contributed by atoms with Gasteiger partial charge in [0.1, 0.15) is 18.1 Å². The smallest absolute Gasteiger partial charge is 0.119 e. The first kappa shape index (κ1) is 15.1. The Labute approximate surface area is 122 Å². The lowest BCUT2D eigenvalue weighted by molar-refractivity contribution is 0.133. The van der Waals surface area contributed by atoms with Crippen LogP contribution in [-0.2, 0) is 0 Å². The van der Waals surface area contributed by atoms with E-state index in [2.05, 4.69) is 16.8 Å². The Hall–Kier alpha value is -1.26.